The third kappa shape index (κ3) is 12.1. The molecular weight excluding hydrogens is 242 g/mol. The maximum atomic E-state index is 11.5. The molecule has 0 spiro atoms. The Morgan fingerprint density at radius 2 is 1.82 bits per heavy atom. The van der Waals surface area contributed by atoms with Gasteiger partial charge in [-0.05, 0) is 26.3 Å². The minimum absolute atomic E-state index is 0.200. The molecule has 0 heterocycles. The highest BCUT2D eigenvalue weighted by Gasteiger charge is 2.09. The van der Waals surface area contributed by atoms with Gasteiger partial charge in [-0.2, -0.15) is 0 Å². The van der Waals surface area contributed by atoms with Crippen molar-refractivity contribution in [2.75, 3.05) is 51.5 Å². The van der Waals surface area contributed by atoms with Gasteiger partial charge < -0.3 is 14.8 Å². The van der Waals surface area contributed by atoms with Crippen LogP contribution in [0.25, 0.3) is 0 Å². The largest absolute Gasteiger partial charge is 0.385 e. The van der Waals surface area contributed by atoms with Crippen LogP contribution in [0.15, 0.2) is 0 Å². The van der Waals surface area contributed by atoms with E-state index in [9.17, 15) is 8.42 Å². The van der Waals surface area contributed by atoms with Gasteiger partial charge in [0.25, 0.3) is 0 Å². The van der Waals surface area contributed by atoms with Gasteiger partial charge in [-0.1, -0.05) is 0 Å². The number of methoxy groups -OCH3 is 1. The summed E-state index contributed by atoms with van der Waals surface area (Å²) < 4.78 is 33.0. The molecule has 0 fully saturated rings. The molecule has 0 aliphatic rings. The molecule has 1 N–H and O–H groups in total. The van der Waals surface area contributed by atoms with Crippen molar-refractivity contribution in [2.24, 2.45) is 0 Å². The summed E-state index contributed by atoms with van der Waals surface area (Å²) in [6.07, 6.45) is 1.49. The van der Waals surface area contributed by atoms with Crippen LogP contribution in [0.2, 0.25) is 0 Å². The van der Waals surface area contributed by atoms with Crippen molar-refractivity contribution in [3.63, 3.8) is 0 Å². The second kappa shape index (κ2) is 11.0. The Morgan fingerprint density at radius 3 is 2.47 bits per heavy atom. The average Bonchev–Trinajstić information content (AvgIpc) is 2.28. The van der Waals surface area contributed by atoms with Crippen LogP contribution in [0.4, 0.5) is 0 Å². The molecule has 0 amide bonds. The zero-order valence-electron chi connectivity index (χ0n) is 10.9. The first-order chi connectivity index (χ1) is 8.12. The normalized spacial score (nSPS) is 11.9. The topological polar surface area (TPSA) is 64.6 Å². The van der Waals surface area contributed by atoms with Gasteiger partial charge in [0.05, 0.1) is 11.5 Å². The van der Waals surface area contributed by atoms with E-state index >= 15 is 0 Å². The summed E-state index contributed by atoms with van der Waals surface area (Å²) in [6.45, 7) is 5.23. The highest BCUT2D eigenvalue weighted by molar-refractivity contribution is 7.91. The van der Waals surface area contributed by atoms with E-state index in [2.05, 4.69) is 5.32 Å². The molecule has 0 aromatic carbocycles. The van der Waals surface area contributed by atoms with Gasteiger partial charge in [0.2, 0.25) is 0 Å². The number of hydrogen-bond donors (Lipinski definition) is 1. The maximum Gasteiger partial charge on any atom is 0.151 e. The molecule has 0 aromatic rings. The monoisotopic (exact) mass is 267 g/mol. The zero-order chi connectivity index (χ0) is 13.0. The molecule has 0 rings (SSSR count). The molecule has 0 saturated heterocycles. The van der Waals surface area contributed by atoms with Gasteiger partial charge in [-0.15, -0.1) is 0 Å². The van der Waals surface area contributed by atoms with Crippen molar-refractivity contribution in [3.8, 4) is 0 Å². The van der Waals surface area contributed by atoms with Crippen molar-refractivity contribution in [2.45, 2.75) is 19.8 Å². The Balaban J connectivity index is 3.39. The van der Waals surface area contributed by atoms with E-state index in [1.807, 2.05) is 6.92 Å². The molecule has 17 heavy (non-hydrogen) atoms. The van der Waals surface area contributed by atoms with Crippen LogP contribution in [-0.2, 0) is 19.3 Å². The lowest BCUT2D eigenvalue weighted by atomic mass is 10.4. The lowest BCUT2D eigenvalue weighted by Gasteiger charge is -2.06. The predicted molar refractivity (Wildman–Crippen MR) is 69.1 cm³/mol. The van der Waals surface area contributed by atoms with Crippen molar-refractivity contribution >= 4 is 9.84 Å². The summed E-state index contributed by atoms with van der Waals surface area (Å²) >= 11 is 0. The summed E-state index contributed by atoms with van der Waals surface area (Å²) in [6, 6.07) is 0. The van der Waals surface area contributed by atoms with Crippen LogP contribution in [-0.4, -0.2) is 59.9 Å². The molecule has 5 nitrogen and oxygen atoms in total. The molecule has 0 aromatic heterocycles. The zero-order valence-corrected chi connectivity index (χ0v) is 11.7. The van der Waals surface area contributed by atoms with Crippen LogP contribution < -0.4 is 5.32 Å². The predicted octanol–water partition coefficient (Wildman–Crippen LogP) is 0.454. The molecule has 0 aliphatic heterocycles. The highest BCUT2D eigenvalue weighted by Crippen LogP contribution is 1.93. The fourth-order valence-corrected chi connectivity index (χ4v) is 2.54. The van der Waals surface area contributed by atoms with E-state index in [0.717, 1.165) is 26.2 Å². The average molecular weight is 267 g/mol. The van der Waals surface area contributed by atoms with Crippen molar-refractivity contribution in [1.29, 1.82) is 0 Å². The van der Waals surface area contributed by atoms with Gasteiger partial charge in [-0.25, -0.2) is 8.42 Å². The number of nitrogens with one attached hydrogen (secondary N) is 1. The van der Waals surface area contributed by atoms with Crippen LogP contribution in [0.1, 0.15) is 19.8 Å². The second-order valence-electron chi connectivity index (χ2n) is 3.80. The van der Waals surface area contributed by atoms with Gasteiger partial charge in [0, 0.05) is 33.5 Å². The summed E-state index contributed by atoms with van der Waals surface area (Å²) in [4.78, 5) is 0. The van der Waals surface area contributed by atoms with Crippen molar-refractivity contribution in [1.82, 2.24) is 5.32 Å². The molecular formula is C11H25NO4S. The van der Waals surface area contributed by atoms with Crippen LogP contribution in [0, 0.1) is 0 Å². The van der Waals surface area contributed by atoms with E-state index in [0.29, 0.717) is 19.6 Å². The van der Waals surface area contributed by atoms with E-state index in [1.54, 1.807) is 7.11 Å². The number of hydrogen-bond acceptors (Lipinski definition) is 5. The minimum atomic E-state index is -2.92. The van der Waals surface area contributed by atoms with E-state index < -0.39 is 9.84 Å². The van der Waals surface area contributed by atoms with Gasteiger partial charge >= 0.3 is 0 Å². The summed E-state index contributed by atoms with van der Waals surface area (Å²) in [5.74, 6) is 0.410. The quantitative estimate of drug-likeness (QED) is 0.520. The first-order valence-corrected chi connectivity index (χ1v) is 7.92. The first kappa shape index (κ1) is 16.8. The second-order valence-corrected chi connectivity index (χ2v) is 6.10. The van der Waals surface area contributed by atoms with Crippen LogP contribution >= 0.6 is 0 Å². The first-order valence-electron chi connectivity index (χ1n) is 6.10. The van der Waals surface area contributed by atoms with E-state index in [-0.39, 0.29) is 11.5 Å². The Kier molecular flexibility index (Phi) is 10.8. The fraction of sp³-hybridized carbons (Fsp3) is 1.00. The third-order valence-corrected chi connectivity index (χ3v) is 3.98. The molecule has 0 bridgehead atoms. The Labute approximate surface area is 105 Å². The molecule has 6 heteroatoms. The van der Waals surface area contributed by atoms with Gasteiger partial charge in [0.15, 0.2) is 9.84 Å². The lowest BCUT2D eigenvalue weighted by molar-refractivity contribution is 0.145. The Morgan fingerprint density at radius 1 is 1.06 bits per heavy atom. The molecule has 0 unspecified atom stereocenters. The van der Waals surface area contributed by atoms with Gasteiger partial charge in [-0.3, -0.25) is 0 Å². The standard InChI is InChI=1S/C11H25NO4S/c1-3-16-9-4-6-12-7-11-17(13,14)10-5-8-15-2/h12H,3-11H2,1-2H3. The van der Waals surface area contributed by atoms with Crippen LogP contribution in [0.3, 0.4) is 0 Å². The van der Waals surface area contributed by atoms with Crippen LogP contribution in [0.5, 0.6) is 0 Å². The Hall–Kier alpha value is -0.170. The van der Waals surface area contributed by atoms with Crippen molar-refractivity contribution < 1.29 is 17.9 Å². The third-order valence-electron chi connectivity index (χ3n) is 2.24. The van der Waals surface area contributed by atoms with Gasteiger partial charge in [0.1, 0.15) is 0 Å². The lowest BCUT2D eigenvalue weighted by Crippen LogP contribution is -2.26. The summed E-state index contributed by atoms with van der Waals surface area (Å²) in [5.41, 5.74) is 0. The molecule has 0 radical (unpaired) electrons. The number of rotatable bonds is 12. The van der Waals surface area contributed by atoms with E-state index in [4.69, 9.17) is 9.47 Å². The molecule has 0 aliphatic carbocycles. The van der Waals surface area contributed by atoms with E-state index in [1.165, 1.54) is 0 Å². The highest BCUT2D eigenvalue weighted by atomic mass is 32.2. The SMILES string of the molecule is CCOCCCNCCS(=O)(=O)CCCOC. The smallest absolute Gasteiger partial charge is 0.151 e. The molecule has 104 valence electrons. The number of sulfone groups is 1. The number of ether oxygens (including phenoxy) is 2. The molecule has 0 saturated carbocycles. The molecule has 0 atom stereocenters. The minimum Gasteiger partial charge on any atom is -0.385 e. The summed E-state index contributed by atoms with van der Waals surface area (Å²) in [5, 5.41) is 3.10. The fourth-order valence-electron chi connectivity index (χ4n) is 1.32. The maximum absolute atomic E-state index is 11.5. The summed E-state index contributed by atoms with van der Waals surface area (Å²) in [7, 11) is -1.35. The van der Waals surface area contributed by atoms with Crippen molar-refractivity contribution in [3.05, 3.63) is 0 Å². The Bertz CT molecular complexity index is 254.